The van der Waals surface area contributed by atoms with E-state index in [0.717, 1.165) is 11.1 Å². The number of thioether (sulfide) groups is 1. The fourth-order valence-electron chi connectivity index (χ4n) is 3.09. The van der Waals surface area contributed by atoms with E-state index in [-0.39, 0.29) is 17.4 Å². The summed E-state index contributed by atoms with van der Waals surface area (Å²) in [4.78, 5) is 14.2. The number of aromatic nitrogens is 3. The first kappa shape index (κ1) is 24.2. The normalized spacial score (nSPS) is 10.8. The second-order valence-electron chi connectivity index (χ2n) is 6.97. The summed E-state index contributed by atoms with van der Waals surface area (Å²) in [5.41, 5.74) is 1.59. The van der Waals surface area contributed by atoms with E-state index in [1.807, 2.05) is 28.8 Å². The van der Waals surface area contributed by atoms with Gasteiger partial charge >= 0.3 is 6.61 Å². The van der Waals surface area contributed by atoms with Gasteiger partial charge in [-0.3, -0.25) is 9.36 Å². The number of para-hydroxylation sites is 1. The lowest BCUT2D eigenvalue weighted by atomic mass is 10.2. The summed E-state index contributed by atoms with van der Waals surface area (Å²) in [7, 11) is 3.28. The van der Waals surface area contributed by atoms with Crippen molar-refractivity contribution in [1.82, 2.24) is 19.7 Å². The summed E-state index contributed by atoms with van der Waals surface area (Å²) < 4.78 is 36.2. The number of carbonyl (C=O) groups is 1. The quantitative estimate of drug-likeness (QED) is 0.301. The average Bonchev–Trinajstić information content (AvgIpc) is 3.20. The maximum absolute atomic E-state index is 12.7. The van der Waals surface area contributed by atoms with Gasteiger partial charge < -0.3 is 14.4 Å². The van der Waals surface area contributed by atoms with E-state index >= 15 is 0 Å². The van der Waals surface area contributed by atoms with E-state index in [1.165, 1.54) is 23.9 Å². The summed E-state index contributed by atoms with van der Waals surface area (Å²) in [6.45, 7) is 1.74. The van der Waals surface area contributed by atoms with Gasteiger partial charge in [-0.2, -0.15) is 8.78 Å². The lowest BCUT2D eigenvalue weighted by Crippen LogP contribution is -2.27. The molecule has 0 saturated heterocycles. The monoisotopic (exact) mass is 474 g/mol. The molecular formula is C23H24F2N4O3S. The number of methoxy groups -OCH3 is 1. The molecule has 33 heavy (non-hydrogen) atoms. The molecule has 0 unspecified atom stereocenters. The number of carbonyl (C=O) groups excluding carboxylic acids is 1. The number of hydrogen-bond acceptors (Lipinski definition) is 6. The lowest BCUT2D eigenvalue weighted by molar-refractivity contribution is -0.127. The molecular weight excluding hydrogens is 450 g/mol. The zero-order valence-corrected chi connectivity index (χ0v) is 19.1. The third-order valence-corrected chi connectivity index (χ3v) is 5.65. The van der Waals surface area contributed by atoms with Crippen LogP contribution in [0.4, 0.5) is 8.78 Å². The van der Waals surface area contributed by atoms with Crippen LogP contribution in [-0.4, -0.2) is 52.1 Å². The molecule has 0 aliphatic rings. The fourth-order valence-corrected chi connectivity index (χ4v) is 3.98. The van der Waals surface area contributed by atoms with Gasteiger partial charge in [0.15, 0.2) is 11.0 Å². The van der Waals surface area contributed by atoms with Crippen molar-refractivity contribution >= 4 is 17.7 Å². The van der Waals surface area contributed by atoms with Crippen molar-refractivity contribution in [2.45, 2.75) is 24.9 Å². The third-order valence-electron chi connectivity index (χ3n) is 4.70. The Labute approximate surface area is 195 Å². The standard InChI is InChI=1S/C23H24F2N4O3S/c1-4-13-29-21(18-7-5-6-8-19(18)31-3)26-27-23(29)33-15-20(30)28(2)14-16-9-11-17(12-10-16)32-22(24)25/h4-12,22H,1,13-15H2,2-3H3. The predicted molar refractivity (Wildman–Crippen MR) is 122 cm³/mol. The Hall–Kier alpha value is -3.40. The number of benzene rings is 2. The summed E-state index contributed by atoms with van der Waals surface area (Å²) in [5, 5.41) is 9.16. The molecule has 174 valence electrons. The van der Waals surface area contributed by atoms with E-state index in [9.17, 15) is 13.6 Å². The number of ether oxygens (including phenoxy) is 2. The minimum atomic E-state index is -2.87. The van der Waals surface area contributed by atoms with Crippen LogP contribution in [0.15, 0.2) is 66.3 Å². The molecule has 7 nitrogen and oxygen atoms in total. The first-order chi connectivity index (χ1) is 15.9. The van der Waals surface area contributed by atoms with Gasteiger partial charge in [-0.1, -0.05) is 42.1 Å². The number of alkyl halides is 2. The Morgan fingerprint density at radius 1 is 1.21 bits per heavy atom. The molecule has 0 saturated carbocycles. The summed E-state index contributed by atoms with van der Waals surface area (Å²) in [6.07, 6.45) is 1.74. The Kier molecular flexibility index (Phi) is 8.42. The minimum Gasteiger partial charge on any atom is -0.496 e. The van der Waals surface area contributed by atoms with Crippen molar-refractivity contribution < 1.29 is 23.0 Å². The first-order valence-electron chi connectivity index (χ1n) is 10.0. The Bertz CT molecular complexity index is 1090. The summed E-state index contributed by atoms with van der Waals surface area (Å²) in [6, 6.07) is 13.7. The zero-order valence-electron chi connectivity index (χ0n) is 18.3. The molecule has 10 heteroatoms. The topological polar surface area (TPSA) is 69.5 Å². The van der Waals surface area contributed by atoms with Gasteiger partial charge in [0, 0.05) is 20.1 Å². The maximum Gasteiger partial charge on any atom is 0.387 e. The van der Waals surface area contributed by atoms with Crippen molar-refractivity contribution in [3.05, 3.63) is 66.7 Å². The molecule has 0 N–H and O–H groups in total. The Morgan fingerprint density at radius 3 is 2.61 bits per heavy atom. The van der Waals surface area contributed by atoms with Crippen molar-refractivity contribution in [3.63, 3.8) is 0 Å². The highest BCUT2D eigenvalue weighted by atomic mass is 32.2. The highest BCUT2D eigenvalue weighted by Crippen LogP contribution is 2.31. The highest BCUT2D eigenvalue weighted by Gasteiger charge is 2.18. The largest absolute Gasteiger partial charge is 0.496 e. The van der Waals surface area contributed by atoms with Gasteiger partial charge in [0.2, 0.25) is 5.91 Å². The highest BCUT2D eigenvalue weighted by molar-refractivity contribution is 7.99. The van der Waals surface area contributed by atoms with Gasteiger partial charge in [0.1, 0.15) is 11.5 Å². The van der Waals surface area contributed by atoms with Crippen LogP contribution in [0.2, 0.25) is 0 Å². The summed E-state index contributed by atoms with van der Waals surface area (Å²) in [5.74, 6) is 1.42. The predicted octanol–water partition coefficient (Wildman–Crippen LogP) is 4.49. The molecule has 1 aromatic heterocycles. The molecule has 0 aliphatic heterocycles. The molecule has 0 radical (unpaired) electrons. The molecule has 0 atom stereocenters. The van der Waals surface area contributed by atoms with Crippen LogP contribution in [0.3, 0.4) is 0 Å². The molecule has 1 heterocycles. The van der Waals surface area contributed by atoms with Crippen molar-refractivity contribution in [3.8, 4) is 22.9 Å². The first-order valence-corrected chi connectivity index (χ1v) is 11.0. The fraction of sp³-hybridized carbons (Fsp3) is 0.261. The molecule has 3 aromatic rings. The smallest absolute Gasteiger partial charge is 0.387 e. The van der Waals surface area contributed by atoms with Gasteiger partial charge in [-0.25, -0.2) is 0 Å². The van der Waals surface area contributed by atoms with Crippen LogP contribution < -0.4 is 9.47 Å². The van der Waals surface area contributed by atoms with Crippen LogP contribution in [0, 0.1) is 0 Å². The van der Waals surface area contributed by atoms with Crippen molar-refractivity contribution in [2.75, 3.05) is 19.9 Å². The molecule has 0 aliphatic carbocycles. The maximum atomic E-state index is 12.7. The third kappa shape index (κ3) is 6.32. The average molecular weight is 475 g/mol. The number of allylic oxidation sites excluding steroid dienone is 1. The van der Waals surface area contributed by atoms with Gasteiger partial charge in [0.05, 0.1) is 18.4 Å². The SMILES string of the molecule is C=CCn1c(SCC(=O)N(C)Cc2ccc(OC(F)F)cc2)nnc1-c1ccccc1OC. The molecule has 2 aromatic carbocycles. The lowest BCUT2D eigenvalue weighted by Gasteiger charge is -2.17. The zero-order chi connectivity index (χ0) is 23.8. The van der Waals surface area contributed by atoms with E-state index in [1.54, 1.807) is 37.3 Å². The molecule has 3 rings (SSSR count). The van der Waals surface area contributed by atoms with Gasteiger partial charge in [-0.15, -0.1) is 16.8 Å². The van der Waals surface area contributed by atoms with Crippen LogP contribution >= 0.6 is 11.8 Å². The van der Waals surface area contributed by atoms with Crippen molar-refractivity contribution in [1.29, 1.82) is 0 Å². The van der Waals surface area contributed by atoms with Crippen LogP contribution in [0.25, 0.3) is 11.4 Å². The number of amides is 1. The second kappa shape index (κ2) is 11.5. The van der Waals surface area contributed by atoms with Crippen LogP contribution in [0.1, 0.15) is 5.56 Å². The van der Waals surface area contributed by atoms with Crippen LogP contribution in [-0.2, 0) is 17.9 Å². The van der Waals surface area contributed by atoms with E-state index in [4.69, 9.17) is 4.74 Å². The number of nitrogens with zero attached hydrogens (tertiary/aromatic N) is 4. The molecule has 0 fully saturated rings. The molecule has 0 bridgehead atoms. The number of hydrogen-bond donors (Lipinski definition) is 0. The molecule has 1 amide bonds. The van der Waals surface area contributed by atoms with Crippen molar-refractivity contribution in [2.24, 2.45) is 0 Å². The minimum absolute atomic E-state index is 0.0747. The van der Waals surface area contributed by atoms with Gasteiger partial charge in [0.25, 0.3) is 0 Å². The van der Waals surface area contributed by atoms with E-state index < -0.39 is 6.61 Å². The Morgan fingerprint density at radius 2 is 1.94 bits per heavy atom. The second-order valence-corrected chi connectivity index (χ2v) is 7.91. The number of rotatable bonds is 11. The van der Waals surface area contributed by atoms with E-state index in [2.05, 4.69) is 21.5 Å². The molecule has 0 spiro atoms. The Balaban J connectivity index is 1.66. The van der Waals surface area contributed by atoms with Gasteiger partial charge in [-0.05, 0) is 29.8 Å². The number of halogens is 2. The van der Waals surface area contributed by atoms with Crippen LogP contribution in [0.5, 0.6) is 11.5 Å². The van der Waals surface area contributed by atoms with E-state index in [0.29, 0.717) is 29.8 Å². The summed E-state index contributed by atoms with van der Waals surface area (Å²) >= 11 is 1.28.